The molecule has 34 heavy (non-hydrogen) atoms. The van der Waals surface area contributed by atoms with Crippen molar-refractivity contribution in [2.75, 3.05) is 19.6 Å². The summed E-state index contributed by atoms with van der Waals surface area (Å²) in [4.78, 5) is 16.5. The van der Waals surface area contributed by atoms with Crippen LogP contribution >= 0.6 is 22.9 Å². The molecule has 0 unspecified atom stereocenters. The smallest absolute Gasteiger partial charge is 0.223 e. The van der Waals surface area contributed by atoms with E-state index in [1.54, 1.807) is 11.3 Å². The minimum absolute atomic E-state index is 0.122. The van der Waals surface area contributed by atoms with Crippen LogP contribution in [0.5, 0.6) is 0 Å². The number of carbonyl (C=O) groups excluding carboxylic acids is 1. The van der Waals surface area contributed by atoms with E-state index in [9.17, 15) is 4.79 Å². The van der Waals surface area contributed by atoms with Crippen LogP contribution in [-0.2, 0) is 24.3 Å². The Kier molecular flexibility index (Phi) is 7.33. The molecule has 1 amide bonds. The summed E-state index contributed by atoms with van der Waals surface area (Å²) in [6, 6.07) is 23.2. The van der Waals surface area contributed by atoms with E-state index in [1.165, 1.54) is 27.0 Å². The molecule has 0 saturated carbocycles. The normalized spacial score (nSPS) is 15.1. The first-order valence-electron chi connectivity index (χ1n) is 12.0. The van der Waals surface area contributed by atoms with Crippen molar-refractivity contribution >= 4 is 39.7 Å². The summed E-state index contributed by atoms with van der Waals surface area (Å²) in [5.74, 6) is 0.336. The average molecular weight is 492 g/mol. The highest BCUT2D eigenvalue weighted by Gasteiger charge is 2.25. The van der Waals surface area contributed by atoms with Gasteiger partial charge in [0.1, 0.15) is 0 Å². The van der Waals surface area contributed by atoms with Gasteiger partial charge >= 0.3 is 0 Å². The Morgan fingerprint density at radius 1 is 1.00 bits per heavy atom. The number of hydrogen-bond donors (Lipinski definition) is 1. The summed E-state index contributed by atoms with van der Waals surface area (Å²) in [6.07, 6.45) is 2.75. The second-order valence-corrected chi connectivity index (χ2v) is 10.6. The first-order valence-corrected chi connectivity index (χ1v) is 13.3. The van der Waals surface area contributed by atoms with Gasteiger partial charge in [0.05, 0.1) is 0 Å². The molecule has 2 aromatic heterocycles. The SMILES string of the molecule is O=C(NCCc1cccs1)C1CCN(Cc2cc3ccccc3n2Cc2cccc(Cl)c2)CC1. The molecular weight excluding hydrogens is 462 g/mol. The standard InChI is InChI=1S/C28H30ClN3OS/c29-24-7-3-5-21(17-24)19-32-25(18-23-6-1-2-9-27(23)32)20-31-14-11-22(12-15-31)28(33)30-13-10-26-8-4-16-34-26/h1-9,16-18,22H,10-15,19-20H2,(H,30,33). The first kappa shape index (κ1) is 23.2. The zero-order valence-electron chi connectivity index (χ0n) is 19.3. The zero-order valence-corrected chi connectivity index (χ0v) is 20.8. The lowest BCUT2D eigenvalue weighted by atomic mass is 9.95. The average Bonchev–Trinajstić information content (AvgIpc) is 3.48. The predicted molar refractivity (Wildman–Crippen MR) is 142 cm³/mol. The summed E-state index contributed by atoms with van der Waals surface area (Å²) in [5, 5.41) is 7.27. The van der Waals surface area contributed by atoms with Crippen LogP contribution in [0.1, 0.15) is 29.0 Å². The maximum Gasteiger partial charge on any atom is 0.223 e. The molecule has 1 saturated heterocycles. The number of para-hydroxylation sites is 1. The number of piperidine rings is 1. The van der Waals surface area contributed by atoms with Crippen molar-refractivity contribution in [2.24, 2.45) is 5.92 Å². The molecule has 0 bridgehead atoms. The molecule has 1 N–H and O–H groups in total. The summed E-state index contributed by atoms with van der Waals surface area (Å²) in [5.41, 5.74) is 3.76. The summed E-state index contributed by atoms with van der Waals surface area (Å²) in [6.45, 7) is 4.31. The number of aromatic nitrogens is 1. The molecule has 0 radical (unpaired) electrons. The van der Waals surface area contributed by atoms with E-state index < -0.39 is 0 Å². The lowest BCUT2D eigenvalue weighted by molar-refractivity contribution is -0.126. The molecule has 6 heteroatoms. The lowest BCUT2D eigenvalue weighted by Crippen LogP contribution is -2.40. The number of thiophene rings is 1. The Labute approximate surface area is 210 Å². The number of hydrogen-bond acceptors (Lipinski definition) is 3. The predicted octanol–water partition coefficient (Wildman–Crippen LogP) is 5.98. The van der Waals surface area contributed by atoms with Gasteiger partial charge in [-0.15, -0.1) is 11.3 Å². The second kappa shape index (κ2) is 10.8. The molecule has 2 aromatic carbocycles. The van der Waals surface area contributed by atoms with Gasteiger partial charge in [0, 0.05) is 46.7 Å². The number of rotatable bonds is 8. The topological polar surface area (TPSA) is 37.3 Å². The van der Waals surface area contributed by atoms with Crippen LogP contribution in [0.4, 0.5) is 0 Å². The van der Waals surface area contributed by atoms with Gasteiger partial charge in [-0.05, 0) is 79.0 Å². The Morgan fingerprint density at radius 2 is 1.85 bits per heavy atom. The largest absolute Gasteiger partial charge is 0.355 e. The number of carbonyl (C=O) groups is 1. The summed E-state index contributed by atoms with van der Waals surface area (Å²) in [7, 11) is 0. The fourth-order valence-corrected chi connectivity index (χ4v) is 5.82. The van der Waals surface area contributed by atoms with Crippen molar-refractivity contribution in [3.8, 4) is 0 Å². The van der Waals surface area contributed by atoms with Crippen LogP contribution < -0.4 is 5.32 Å². The maximum atomic E-state index is 12.7. The van der Waals surface area contributed by atoms with Crippen molar-refractivity contribution in [3.05, 3.63) is 93.3 Å². The van der Waals surface area contributed by atoms with Crippen LogP contribution in [-0.4, -0.2) is 35.0 Å². The van der Waals surface area contributed by atoms with Gasteiger partial charge in [-0.2, -0.15) is 0 Å². The van der Waals surface area contributed by atoms with E-state index >= 15 is 0 Å². The van der Waals surface area contributed by atoms with Crippen molar-refractivity contribution in [2.45, 2.75) is 32.4 Å². The van der Waals surface area contributed by atoms with Crippen LogP contribution in [0.3, 0.4) is 0 Å². The lowest BCUT2D eigenvalue weighted by Gasteiger charge is -2.31. The number of fused-ring (bicyclic) bond motifs is 1. The first-order chi connectivity index (χ1) is 16.7. The van der Waals surface area contributed by atoms with Gasteiger partial charge in [0.2, 0.25) is 5.91 Å². The van der Waals surface area contributed by atoms with E-state index in [0.717, 1.165) is 57.0 Å². The maximum absolute atomic E-state index is 12.7. The van der Waals surface area contributed by atoms with Crippen molar-refractivity contribution in [3.63, 3.8) is 0 Å². The number of benzene rings is 2. The Balaban J connectivity index is 1.21. The van der Waals surface area contributed by atoms with E-state index in [1.807, 2.05) is 18.2 Å². The van der Waals surface area contributed by atoms with Gasteiger partial charge in [-0.3, -0.25) is 9.69 Å². The molecule has 0 aliphatic carbocycles. The van der Waals surface area contributed by atoms with Crippen LogP contribution in [0.25, 0.3) is 10.9 Å². The third-order valence-corrected chi connectivity index (χ3v) is 7.89. The highest BCUT2D eigenvalue weighted by Crippen LogP contribution is 2.25. The fourth-order valence-electron chi connectivity index (χ4n) is 4.89. The summed E-state index contributed by atoms with van der Waals surface area (Å²) < 4.78 is 2.41. The number of amides is 1. The minimum atomic E-state index is 0.122. The van der Waals surface area contributed by atoms with Gasteiger partial charge < -0.3 is 9.88 Å². The molecule has 1 fully saturated rings. The number of nitrogens with zero attached hydrogens (tertiary/aromatic N) is 2. The molecular formula is C28H30ClN3OS. The minimum Gasteiger partial charge on any atom is -0.355 e. The Morgan fingerprint density at radius 3 is 2.65 bits per heavy atom. The van der Waals surface area contributed by atoms with E-state index in [4.69, 9.17) is 11.6 Å². The van der Waals surface area contributed by atoms with Gasteiger partial charge in [0.15, 0.2) is 0 Å². The van der Waals surface area contributed by atoms with Crippen LogP contribution in [0.15, 0.2) is 72.1 Å². The van der Waals surface area contributed by atoms with Crippen molar-refractivity contribution < 1.29 is 4.79 Å². The van der Waals surface area contributed by atoms with Gasteiger partial charge in [0.25, 0.3) is 0 Å². The monoisotopic (exact) mass is 491 g/mol. The zero-order chi connectivity index (χ0) is 23.3. The number of likely N-dealkylation sites (tertiary alicyclic amines) is 1. The molecule has 4 aromatic rings. The molecule has 1 aliphatic heterocycles. The molecule has 0 atom stereocenters. The van der Waals surface area contributed by atoms with Gasteiger partial charge in [-0.25, -0.2) is 0 Å². The van der Waals surface area contributed by atoms with Crippen molar-refractivity contribution in [1.29, 1.82) is 0 Å². The molecule has 176 valence electrons. The van der Waals surface area contributed by atoms with Gasteiger partial charge in [-0.1, -0.05) is 48.0 Å². The molecule has 3 heterocycles. The second-order valence-electron chi connectivity index (χ2n) is 9.08. The summed E-state index contributed by atoms with van der Waals surface area (Å²) >= 11 is 7.99. The van der Waals surface area contributed by atoms with E-state index in [0.29, 0.717) is 0 Å². The number of halogens is 1. The molecule has 0 spiro atoms. The van der Waals surface area contributed by atoms with E-state index in [-0.39, 0.29) is 11.8 Å². The Bertz CT molecular complexity index is 1240. The molecule has 1 aliphatic rings. The van der Waals surface area contributed by atoms with Crippen LogP contribution in [0.2, 0.25) is 5.02 Å². The van der Waals surface area contributed by atoms with Crippen molar-refractivity contribution in [1.82, 2.24) is 14.8 Å². The van der Waals surface area contributed by atoms with E-state index in [2.05, 4.69) is 68.7 Å². The number of nitrogens with one attached hydrogen (secondary N) is 1. The fraction of sp³-hybridized carbons (Fsp3) is 0.321. The highest BCUT2D eigenvalue weighted by molar-refractivity contribution is 7.09. The quantitative estimate of drug-likeness (QED) is 0.329. The Hall–Kier alpha value is -2.60. The molecule has 5 rings (SSSR count). The third kappa shape index (κ3) is 5.54. The highest BCUT2D eigenvalue weighted by atomic mass is 35.5. The van der Waals surface area contributed by atoms with Crippen LogP contribution in [0, 0.1) is 5.92 Å². The third-order valence-electron chi connectivity index (χ3n) is 6.72. The molecule has 4 nitrogen and oxygen atoms in total.